The van der Waals surface area contributed by atoms with Crippen molar-refractivity contribution >= 4 is 44.6 Å². The summed E-state index contributed by atoms with van der Waals surface area (Å²) >= 11 is 4.94. The molecular formula is C15H13BrN2O2S. The van der Waals surface area contributed by atoms with Gasteiger partial charge in [-0.3, -0.25) is 14.5 Å². The summed E-state index contributed by atoms with van der Waals surface area (Å²) in [5, 5.41) is 3.03. The van der Waals surface area contributed by atoms with Crippen LogP contribution in [0.4, 0.5) is 5.69 Å². The Morgan fingerprint density at radius 3 is 2.90 bits per heavy atom. The Morgan fingerprint density at radius 2 is 2.14 bits per heavy atom. The number of benzene rings is 1. The van der Waals surface area contributed by atoms with Crippen molar-refractivity contribution in [3.63, 3.8) is 0 Å². The number of aryl methyl sites for hydroxylation is 1. The number of halogens is 1. The third kappa shape index (κ3) is 2.53. The number of aromatic nitrogens is 1. The van der Waals surface area contributed by atoms with E-state index in [1.165, 1.54) is 4.90 Å². The number of ketones is 1. The van der Waals surface area contributed by atoms with Gasteiger partial charge in [-0.1, -0.05) is 13.0 Å². The summed E-state index contributed by atoms with van der Waals surface area (Å²) in [6.07, 6.45) is 1.99. The number of hydrogen-bond acceptors (Lipinski definition) is 4. The fourth-order valence-electron chi connectivity index (χ4n) is 2.37. The smallest absolute Gasteiger partial charge is 0.299 e. The van der Waals surface area contributed by atoms with E-state index in [-0.39, 0.29) is 0 Å². The Balaban J connectivity index is 1.91. The van der Waals surface area contributed by atoms with Gasteiger partial charge in [0.1, 0.15) is 0 Å². The molecule has 0 saturated carbocycles. The zero-order valence-electron chi connectivity index (χ0n) is 11.4. The predicted molar refractivity (Wildman–Crippen MR) is 85.8 cm³/mol. The Hall–Kier alpha value is -1.53. The molecule has 0 spiro atoms. The zero-order chi connectivity index (χ0) is 15.0. The quantitative estimate of drug-likeness (QED) is 0.778. The van der Waals surface area contributed by atoms with Crippen molar-refractivity contribution in [1.29, 1.82) is 0 Å². The van der Waals surface area contributed by atoms with Crippen molar-refractivity contribution < 1.29 is 9.59 Å². The molecule has 0 aliphatic carbocycles. The lowest BCUT2D eigenvalue weighted by molar-refractivity contribution is -0.114. The molecule has 0 unspecified atom stereocenters. The summed E-state index contributed by atoms with van der Waals surface area (Å²) < 4.78 is 0.658. The van der Waals surface area contributed by atoms with E-state index in [4.69, 9.17) is 0 Å². The van der Waals surface area contributed by atoms with Gasteiger partial charge >= 0.3 is 0 Å². The molecule has 21 heavy (non-hydrogen) atoms. The maximum Gasteiger partial charge on any atom is 0.299 e. The topological polar surface area (TPSA) is 50.3 Å². The second-order valence-electron chi connectivity index (χ2n) is 4.84. The number of anilines is 1. The van der Waals surface area contributed by atoms with E-state index in [0.717, 1.165) is 23.5 Å². The second kappa shape index (κ2) is 5.69. The standard InChI is InChI=1S/C15H13BrN2O2S/c1-2-4-12-17-9(8-21-12)7-18-11-6-3-5-10(16)13(11)14(19)15(18)20/h3,5-6,8H,2,4,7H2,1H3. The van der Waals surface area contributed by atoms with E-state index in [9.17, 15) is 9.59 Å². The molecule has 1 aliphatic heterocycles. The molecule has 0 atom stereocenters. The van der Waals surface area contributed by atoms with Gasteiger partial charge in [0.25, 0.3) is 11.7 Å². The maximum atomic E-state index is 12.2. The van der Waals surface area contributed by atoms with Crippen LogP contribution >= 0.6 is 27.3 Å². The minimum Gasteiger partial charge on any atom is -0.299 e. The lowest BCUT2D eigenvalue weighted by Crippen LogP contribution is -2.29. The van der Waals surface area contributed by atoms with Crippen molar-refractivity contribution in [3.05, 3.63) is 44.3 Å². The average molecular weight is 365 g/mol. The molecule has 108 valence electrons. The first kappa shape index (κ1) is 14.4. The van der Waals surface area contributed by atoms with Gasteiger partial charge < -0.3 is 0 Å². The number of Topliss-reactive ketones (excluding diaryl/α,β-unsaturated/α-hetero) is 1. The molecule has 0 fully saturated rings. The van der Waals surface area contributed by atoms with E-state index in [2.05, 4.69) is 27.8 Å². The van der Waals surface area contributed by atoms with Gasteiger partial charge in [-0.15, -0.1) is 11.3 Å². The fourth-order valence-corrected chi connectivity index (χ4v) is 3.80. The van der Waals surface area contributed by atoms with E-state index >= 15 is 0 Å². The molecule has 6 heteroatoms. The molecule has 3 rings (SSSR count). The lowest BCUT2D eigenvalue weighted by Gasteiger charge is -2.14. The van der Waals surface area contributed by atoms with E-state index in [0.29, 0.717) is 22.3 Å². The number of amides is 1. The van der Waals surface area contributed by atoms with Crippen LogP contribution in [0.2, 0.25) is 0 Å². The van der Waals surface area contributed by atoms with Gasteiger partial charge in [0.2, 0.25) is 0 Å². The first-order valence-electron chi connectivity index (χ1n) is 6.69. The average Bonchev–Trinajstić information content (AvgIpc) is 2.99. The van der Waals surface area contributed by atoms with Gasteiger partial charge in [-0.25, -0.2) is 4.98 Å². The number of nitrogens with zero attached hydrogens (tertiary/aromatic N) is 2. The van der Waals surface area contributed by atoms with Crippen molar-refractivity contribution in [3.8, 4) is 0 Å². The third-order valence-electron chi connectivity index (χ3n) is 3.33. The van der Waals surface area contributed by atoms with Crippen molar-refractivity contribution in [2.45, 2.75) is 26.3 Å². The van der Waals surface area contributed by atoms with E-state index in [1.807, 2.05) is 11.4 Å². The molecule has 1 amide bonds. The van der Waals surface area contributed by atoms with Crippen LogP contribution < -0.4 is 4.90 Å². The van der Waals surface area contributed by atoms with Crippen molar-refractivity contribution in [2.24, 2.45) is 0 Å². The molecule has 0 bridgehead atoms. The first-order valence-corrected chi connectivity index (χ1v) is 8.37. The monoisotopic (exact) mass is 364 g/mol. The summed E-state index contributed by atoms with van der Waals surface area (Å²) in [6, 6.07) is 5.39. The summed E-state index contributed by atoms with van der Waals surface area (Å²) in [7, 11) is 0. The minimum absolute atomic E-state index is 0.342. The Morgan fingerprint density at radius 1 is 1.33 bits per heavy atom. The molecule has 4 nitrogen and oxygen atoms in total. The minimum atomic E-state index is -0.484. The zero-order valence-corrected chi connectivity index (χ0v) is 13.8. The molecule has 0 saturated heterocycles. The number of hydrogen-bond donors (Lipinski definition) is 0. The molecular weight excluding hydrogens is 352 g/mol. The number of rotatable bonds is 4. The molecule has 1 aliphatic rings. The molecule has 1 aromatic heterocycles. The third-order valence-corrected chi connectivity index (χ3v) is 4.95. The summed E-state index contributed by atoms with van der Waals surface area (Å²) in [5.41, 5.74) is 1.94. The van der Waals surface area contributed by atoms with Crippen LogP contribution in [0.15, 0.2) is 28.1 Å². The van der Waals surface area contributed by atoms with Crippen LogP contribution in [0, 0.1) is 0 Å². The number of carbonyl (C=O) groups excluding carboxylic acids is 2. The predicted octanol–water partition coefficient (Wildman–Crippen LogP) is 3.59. The summed E-state index contributed by atoms with van der Waals surface area (Å²) in [4.78, 5) is 30.3. The highest BCUT2D eigenvalue weighted by Crippen LogP contribution is 2.35. The van der Waals surface area contributed by atoms with Gasteiger partial charge in [0.15, 0.2) is 0 Å². The Labute approximate surface area is 134 Å². The Kier molecular flexibility index (Phi) is 3.91. The molecule has 0 radical (unpaired) electrons. The fraction of sp³-hybridized carbons (Fsp3) is 0.267. The van der Waals surface area contributed by atoms with Gasteiger partial charge in [-0.2, -0.15) is 0 Å². The second-order valence-corrected chi connectivity index (χ2v) is 6.63. The van der Waals surface area contributed by atoms with Crippen LogP contribution in [0.1, 0.15) is 34.4 Å². The van der Waals surface area contributed by atoms with E-state index < -0.39 is 11.7 Å². The molecule has 0 N–H and O–H groups in total. The molecule has 2 heterocycles. The van der Waals surface area contributed by atoms with Crippen LogP contribution in [-0.2, 0) is 17.8 Å². The number of fused-ring (bicyclic) bond motifs is 1. The first-order chi connectivity index (χ1) is 10.1. The molecule has 1 aromatic carbocycles. The number of thiazole rings is 1. The van der Waals surface area contributed by atoms with Gasteiger partial charge in [-0.05, 0) is 40.9 Å². The highest BCUT2D eigenvalue weighted by atomic mass is 79.9. The van der Waals surface area contributed by atoms with Crippen molar-refractivity contribution in [2.75, 3.05) is 4.90 Å². The Bertz CT molecular complexity index is 726. The SMILES string of the molecule is CCCc1nc(CN2C(=O)C(=O)c3c(Br)cccc32)cs1. The highest BCUT2D eigenvalue weighted by Gasteiger charge is 2.37. The normalized spacial score (nSPS) is 13.9. The summed E-state index contributed by atoms with van der Waals surface area (Å²) in [5.74, 6) is -0.941. The van der Waals surface area contributed by atoms with Gasteiger partial charge in [0, 0.05) is 9.85 Å². The largest absolute Gasteiger partial charge is 0.299 e. The van der Waals surface area contributed by atoms with E-state index in [1.54, 1.807) is 23.5 Å². The van der Waals surface area contributed by atoms with Gasteiger partial charge in [0.05, 0.1) is 28.5 Å². The van der Waals surface area contributed by atoms with Crippen LogP contribution in [0.5, 0.6) is 0 Å². The molecule has 2 aromatic rings. The van der Waals surface area contributed by atoms with Crippen LogP contribution in [0.3, 0.4) is 0 Å². The summed E-state index contributed by atoms with van der Waals surface area (Å²) in [6.45, 7) is 2.45. The lowest BCUT2D eigenvalue weighted by atomic mass is 10.1. The van der Waals surface area contributed by atoms with Crippen molar-refractivity contribution in [1.82, 2.24) is 4.98 Å². The number of carbonyl (C=O) groups is 2. The van der Waals surface area contributed by atoms with Crippen LogP contribution in [0.25, 0.3) is 0 Å². The highest BCUT2D eigenvalue weighted by molar-refractivity contribution is 9.10. The maximum absolute atomic E-state index is 12.2. The van der Waals surface area contributed by atoms with Crippen LogP contribution in [-0.4, -0.2) is 16.7 Å².